The number of allylic oxidation sites excluding steroid dienone is 1. The Hall–Kier alpha value is -1.55. The molecule has 1 unspecified atom stereocenters. The van der Waals surface area contributed by atoms with Gasteiger partial charge >= 0.3 is 0 Å². The van der Waals surface area contributed by atoms with Gasteiger partial charge in [0, 0.05) is 0 Å². The van der Waals surface area contributed by atoms with Crippen molar-refractivity contribution in [3.63, 3.8) is 0 Å². The number of hydrogen-bond donors (Lipinski definition) is 3. The predicted octanol–water partition coefficient (Wildman–Crippen LogP) is 1.12. The maximum absolute atomic E-state index is 10.1. The van der Waals surface area contributed by atoms with E-state index >= 15 is 0 Å². The van der Waals surface area contributed by atoms with Gasteiger partial charge in [0.2, 0.25) is 0 Å². The number of aromatic nitrogens is 1. The van der Waals surface area contributed by atoms with Crippen LogP contribution in [0.25, 0.3) is 0 Å². The summed E-state index contributed by atoms with van der Waals surface area (Å²) >= 11 is 0. The second-order valence-corrected chi connectivity index (χ2v) is 3.69. The first-order valence-electron chi connectivity index (χ1n) is 4.88. The van der Waals surface area contributed by atoms with Crippen LogP contribution in [0.5, 0.6) is 0 Å². The molecule has 0 bridgehead atoms. The smallest absolute Gasteiger partial charge is 0.123 e. The summed E-state index contributed by atoms with van der Waals surface area (Å²) in [5.41, 5.74) is 10.4. The Labute approximate surface area is 89.6 Å². The molecule has 0 saturated carbocycles. The number of pyridine rings is 1. The highest BCUT2D eigenvalue weighted by atomic mass is 16.3. The number of rotatable bonds is 4. The molecule has 1 heterocycles. The lowest BCUT2D eigenvalue weighted by molar-refractivity contribution is 0.0444. The van der Waals surface area contributed by atoms with E-state index in [1.54, 1.807) is 31.2 Å². The third-order valence-corrected chi connectivity index (χ3v) is 2.26. The van der Waals surface area contributed by atoms with Crippen molar-refractivity contribution in [3.8, 4) is 0 Å². The zero-order valence-electron chi connectivity index (χ0n) is 8.85. The Morgan fingerprint density at radius 3 is 2.87 bits per heavy atom. The fraction of sp³-hybridized carbons (Fsp3) is 0.364. The zero-order valence-corrected chi connectivity index (χ0v) is 8.85. The summed E-state index contributed by atoms with van der Waals surface area (Å²) in [6.07, 6.45) is 4.56. The van der Waals surface area contributed by atoms with E-state index in [4.69, 9.17) is 11.5 Å². The van der Waals surface area contributed by atoms with Gasteiger partial charge in [-0.05, 0) is 38.1 Å². The van der Waals surface area contributed by atoms with E-state index in [1.165, 1.54) is 6.20 Å². The van der Waals surface area contributed by atoms with E-state index in [9.17, 15) is 5.11 Å². The quantitative estimate of drug-likeness (QED) is 0.690. The van der Waals surface area contributed by atoms with Crippen molar-refractivity contribution in [2.75, 3.05) is 5.73 Å². The van der Waals surface area contributed by atoms with Gasteiger partial charge in [0.25, 0.3) is 0 Å². The highest BCUT2D eigenvalue weighted by Gasteiger charge is 2.23. The summed E-state index contributed by atoms with van der Waals surface area (Å²) in [4.78, 5) is 4.10. The molecule has 0 aliphatic heterocycles. The summed E-state index contributed by atoms with van der Waals surface area (Å²) < 4.78 is 0. The Bertz CT molecular complexity index is 347. The Morgan fingerprint density at radius 1 is 1.53 bits per heavy atom. The minimum atomic E-state index is -0.963. The molecule has 0 aromatic carbocycles. The molecular weight excluding hydrogens is 190 g/mol. The molecule has 4 nitrogen and oxygen atoms in total. The molecule has 4 heteroatoms. The molecule has 1 aromatic rings. The van der Waals surface area contributed by atoms with E-state index in [0.717, 1.165) is 0 Å². The van der Waals surface area contributed by atoms with Crippen molar-refractivity contribution in [2.24, 2.45) is 5.73 Å². The molecular formula is C11H17N3O. The van der Waals surface area contributed by atoms with Crippen LogP contribution in [0.3, 0.4) is 0 Å². The molecule has 15 heavy (non-hydrogen) atoms. The normalized spacial score (nSPS) is 15.3. The molecule has 0 spiro atoms. The number of nitrogens with zero attached hydrogens (tertiary/aromatic N) is 1. The number of hydrogen-bond acceptors (Lipinski definition) is 4. The largest absolute Gasteiger partial charge is 0.405 e. The molecule has 1 atom stereocenters. The van der Waals surface area contributed by atoms with Crippen LogP contribution in [0.15, 0.2) is 30.5 Å². The maximum Gasteiger partial charge on any atom is 0.123 e. The van der Waals surface area contributed by atoms with Crippen LogP contribution >= 0.6 is 0 Å². The standard InChI is InChI=1S/C11H17N3O/c1-11(15,7-2-3-8-12)9-5-4-6-10(13)14-9/h3-6,8,15H,2,7,12H2,1H3,(H2,13,14)/b8-3-. The Balaban J connectivity index is 2.76. The summed E-state index contributed by atoms with van der Waals surface area (Å²) in [6.45, 7) is 1.72. The molecule has 0 saturated heterocycles. The summed E-state index contributed by atoms with van der Waals surface area (Å²) in [5.74, 6) is 0.419. The minimum absolute atomic E-state index is 0.419. The Morgan fingerprint density at radius 2 is 2.27 bits per heavy atom. The first kappa shape index (κ1) is 11.5. The van der Waals surface area contributed by atoms with E-state index in [-0.39, 0.29) is 0 Å². The lowest BCUT2D eigenvalue weighted by atomic mass is 9.95. The first-order valence-corrected chi connectivity index (χ1v) is 4.88. The SMILES string of the molecule is CC(O)(CC/C=C\N)c1cccc(N)n1. The predicted molar refractivity (Wildman–Crippen MR) is 60.8 cm³/mol. The fourth-order valence-corrected chi connectivity index (χ4v) is 1.34. The van der Waals surface area contributed by atoms with Crippen molar-refractivity contribution >= 4 is 5.82 Å². The van der Waals surface area contributed by atoms with Crippen LogP contribution in [-0.2, 0) is 5.60 Å². The third-order valence-electron chi connectivity index (χ3n) is 2.26. The molecule has 1 rings (SSSR count). The molecule has 0 aliphatic carbocycles. The average molecular weight is 207 g/mol. The highest BCUT2D eigenvalue weighted by Crippen LogP contribution is 2.24. The Kier molecular flexibility index (Phi) is 3.68. The molecule has 0 fully saturated rings. The van der Waals surface area contributed by atoms with Gasteiger partial charge in [0.15, 0.2) is 0 Å². The topological polar surface area (TPSA) is 85.2 Å². The number of nitrogen functional groups attached to an aromatic ring is 1. The van der Waals surface area contributed by atoms with Crippen molar-refractivity contribution < 1.29 is 5.11 Å². The monoisotopic (exact) mass is 207 g/mol. The van der Waals surface area contributed by atoms with Crippen LogP contribution in [-0.4, -0.2) is 10.1 Å². The lowest BCUT2D eigenvalue weighted by Crippen LogP contribution is -2.22. The van der Waals surface area contributed by atoms with Gasteiger partial charge in [-0.2, -0.15) is 0 Å². The summed E-state index contributed by atoms with van der Waals surface area (Å²) in [5, 5.41) is 10.1. The van der Waals surface area contributed by atoms with Gasteiger partial charge in [-0.3, -0.25) is 0 Å². The van der Waals surface area contributed by atoms with Gasteiger partial charge in [-0.25, -0.2) is 4.98 Å². The van der Waals surface area contributed by atoms with Gasteiger partial charge in [0.05, 0.1) is 5.69 Å². The molecule has 0 radical (unpaired) electrons. The molecule has 0 aliphatic rings. The van der Waals surface area contributed by atoms with Crippen molar-refractivity contribution in [2.45, 2.75) is 25.4 Å². The van der Waals surface area contributed by atoms with Gasteiger partial charge < -0.3 is 16.6 Å². The third kappa shape index (κ3) is 3.25. The van der Waals surface area contributed by atoms with Gasteiger partial charge in [-0.1, -0.05) is 12.1 Å². The van der Waals surface area contributed by atoms with E-state index in [1.807, 2.05) is 0 Å². The number of nitrogens with two attached hydrogens (primary N) is 2. The minimum Gasteiger partial charge on any atom is -0.405 e. The number of anilines is 1. The van der Waals surface area contributed by atoms with E-state index in [0.29, 0.717) is 24.4 Å². The van der Waals surface area contributed by atoms with E-state index in [2.05, 4.69) is 4.98 Å². The van der Waals surface area contributed by atoms with E-state index < -0.39 is 5.60 Å². The van der Waals surface area contributed by atoms with Gasteiger partial charge in [0.1, 0.15) is 11.4 Å². The average Bonchev–Trinajstić information content (AvgIpc) is 2.18. The fourth-order valence-electron chi connectivity index (χ4n) is 1.34. The summed E-state index contributed by atoms with van der Waals surface area (Å²) in [6, 6.07) is 5.24. The van der Waals surface area contributed by atoms with Crippen molar-refractivity contribution in [1.82, 2.24) is 4.98 Å². The second kappa shape index (κ2) is 4.79. The van der Waals surface area contributed by atoms with Crippen LogP contribution in [0.2, 0.25) is 0 Å². The van der Waals surface area contributed by atoms with Crippen LogP contribution in [0.4, 0.5) is 5.82 Å². The second-order valence-electron chi connectivity index (χ2n) is 3.69. The van der Waals surface area contributed by atoms with Crippen LogP contribution in [0.1, 0.15) is 25.5 Å². The molecule has 0 amide bonds. The highest BCUT2D eigenvalue weighted by molar-refractivity contribution is 5.30. The molecule has 82 valence electrons. The first-order chi connectivity index (χ1) is 7.06. The van der Waals surface area contributed by atoms with Crippen LogP contribution < -0.4 is 11.5 Å². The zero-order chi connectivity index (χ0) is 11.3. The van der Waals surface area contributed by atoms with Crippen molar-refractivity contribution in [1.29, 1.82) is 0 Å². The summed E-state index contributed by atoms with van der Waals surface area (Å²) in [7, 11) is 0. The van der Waals surface area contributed by atoms with Crippen molar-refractivity contribution in [3.05, 3.63) is 36.2 Å². The van der Waals surface area contributed by atoms with Gasteiger partial charge in [-0.15, -0.1) is 0 Å². The number of aliphatic hydroxyl groups is 1. The lowest BCUT2D eigenvalue weighted by Gasteiger charge is -2.22. The molecule has 5 N–H and O–H groups in total. The maximum atomic E-state index is 10.1. The molecule has 1 aromatic heterocycles. The van der Waals surface area contributed by atoms with Crippen LogP contribution in [0, 0.1) is 0 Å².